The molecule has 2 aromatic rings. The summed E-state index contributed by atoms with van der Waals surface area (Å²) in [5.74, 6) is 0.0656. The van der Waals surface area contributed by atoms with E-state index in [4.69, 9.17) is 22.1 Å². The number of ether oxygens (including phenoxy) is 1. The molecule has 0 aromatic heterocycles. The topological polar surface area (TPSA) is 107 Å². The van der Waals surface area contributed by atoms with Gasteiger partial charge in [-0.3, -0.25) is 14.9 Å². The number of nitro groups is 1. The molecule has 7 nitrogen and oxygen atoms in total. The second-order valence-corrected chi connectivity index (χ2v) is 5.39. The van der Waals surface area contributed by atoms with Crippen molar-refractivity contribution in [3.8, 4) is 5.75 Å². The normalized spacial score (nSPS) is 10.2. The molecule has 24 heavy (non-hydrogen) atoms. The number of nitro benzene ring substituents is 1. The van der Waals surface area contributed by atoms with Gasteiger partial charge >= 0.3 is 0 Å². The van der Waals surface area contributed by atoms with Gasteiger partial charge in [-0.2, -0.15) is 0 Å². The largest absolute Gasteiger partial charge is 0.491 e. The fourth-order valence-electron chi connectivity index (χ4n) is 1.97. The Morgan fingerprint density at radius 3 is 2.71 bits per heavy atom. The number of carbonyl (C=O) groups excluding carboxylic acids is 1. The number of carbonyl (C=O) groups is 1. The molecule has 0 aliphatic heterocycles. The maximum Gasteiger partial charge on any atom is 0.289 e. The maximum atomic E-state index is 12.2. The van der Waals surface area contributed by atoms with Crippen molar-refractivity contribution in [3.05, 3.63) is 57.1 Å². The second kappa shape index (κ2) is 7.65. The molecule has 0 atom stereocenters. The third-order valence-electron chi connectivity index (χ3n) is 3.13. The lowest BCUT2D eigenvalue weighted by Crippen LogP contribution is -2.12. The van der Waals surface area contributed by atoms with E-state index < -0.39 is 10.8 Å². The molecule has 1 amide bonds. The van der Waals surface area contributed by atoms with Gasteiger partial charge in [-0.05, 0) is 36.8 Å². The minimum Gasteiger partial charge on any atom is -0.491 e. The number of halogens is 1. The quantitative estimate of drug-likeness (QED) is 0.467. The second-order valence-electron chi connectivity index (χ2n) is 4.98. The van der Waals surface area contributed by atoms with Gasteiger partial charge in [0.05, 0.1) is 17.2 Å². The number of benzene rings is 2. The summed E-state index contributed by atoms with van der Waals surface area (Å²) in [5, 5.41) is 13.4. The molecule has 0 aliphatic carbocycles. The summed E-state index contributed by atoms with van der Waals surface area (Å²) >= 11 is 5.74. The highest BCUT2D eigenvalue weighted by atomic mass is 35.5. The standard InChI is InChI=1S/C16H16ClN3O4/c1-2-7-24-15-6-3-10(8-13(15)18)16(21)19-11-4-5-12(17)14(9-11)20(22)23/h3-6,8-9H,2,7,18H2,1H3,(H,19,21). The van der Waals surface area contributed by atoms with Crippen LogP contribution in [0.1, 0.15) is 23.7 Å². The summed E-state index contributed by atoms with van der Waals surface area (Å²) in [5.41, 5.74) is 6.51. The van der Waals surface area contributed by atoms with Crippen LogP contribution in [-0.4, -0.2) is 17.4 Å². The van der Waals surface area contributed by atoms with Crippen LogP contribution >= 0.6 is 11.6 Å². The fraction of sp³-hybridized carbons (Fsp3) is 0.188. The van der Waals surface area contributed by atoms with Crippen molar-refractivity contribution >= 4 is 34.6 Å². The predicted octanol–water partition coefficient (Wildman–Crippen LogP) is 3.87. The number of hydrogen-bond acceptors (Lipinski definition) is 5. The van der Waals surface area contributed by atoms with Crippen molar-refractivity contribution in [2.24, 2.45) is 0 Å². The summed E-state index contributed by atoms with van der Waals surface area (Å²) in [4.78, 5) is 22.5. The Kier molecular flexibility index (Phi) is 5.59. The summed E-state index contributed by atoms with van der Waals surface area (Å²) in [7, 11) is 0. The van der Waals surface area contributed by atoms with E-state index in [1.165, 1.54) is 24.3 Å². The zero-order valence-electron chi connectivity index (χ0n) is 12.9. The minimum absolute atomic E-state index is 0.000306. The molecule has 0 heterocycles. The Labute approximate surface area is 143 Å². The summed E-state index contributed by atoms with van der Waals surface area (Å²) in [6.07, 6.45) is 0.844. The van der Waals surface area contributed by atoms with Crippen LogP contribution in [0, 0.1) is 10.1 Å². The zero-order valence-corrected chi connectivity index (χ0v) is 13.7. The number of amides is 1. The van der Waals surface area contributed by atoms with E-state index in [0.717, 1.165) is 6.42 Å². The number of nitrogens with zero attached hydrogens (tertiary/aromatic N) is 1. The van der Waals surface area contributed by atoms with E-state index in [0.29, 0.717) is 23.6 Å². The lowest BCUT2D eigenvalue weighted by molar-refractivity contribution is -0.384. The van der Waals surface area contributed by atoms with Gasteiger partial charge in [0.25, 0.3) is 11.6 Å². The van der Waals surface area contributed by atoms with Gasteiger partial charge < -0.3 is 15.8 Å². The smallest absolute Gasteiger partial charge is 0.289 e. The van der Waals surface area contributed by atoms with Gasteiger partial charge in [-0.1, -0.05) is 18.5 Å². The number of rotatable bonds is 6. The van der Waals surface area contributed by atoms with Crippen LogP contribution in [0.2, 0.25) is 5.02 Å². The van der Waals surface area contributed by atoms with E-state index >= 15 is 0 Å². The van der Waals surface area contributed by atoms with Crippen molar-refractivity contribution in [2.45, 2.75) is 13.3 Å². The molecule has 2 rings (SSSR count). The molecule has 3 N–H and O–H groups in total. The summed E-state index contributed by atoms with van der Waals surface area (Å²) in [6, 6.07) is 8.71. The number of hydrogen-bond donors (Lipinski definition) is 2. The van der Waals surface area contributed by atoms with Crippen LogP contribution in [0.5, 0.6) is 5.75 Å². The van der Waals surface area contributed by atoms with Crippen LogP contribution in [0.25, 0.3) is 0 Å². The Hall–Kier alpha value is -2.80. The van der Waals surface area contributed by atoms with E-state index in [2.05, 4.69) is 5.32 Å². The Bertz CT molecular complexity index is 780. The first-order valence-corrected chi connectivity index (χ1v) is 7.57. The third kappa shape index (κ3) is 4.14. The first-order chi connectivity index (χ1) is 11.4. The average molecular weight is 350 g/mol. The number of nitrogens with two attached hydrogens (primary N) is 1. The molecule has 0 bridgehead atoms. The summed E-state index contributed by atoms with van der Waals surface area (Å²) < 4.78 is 5.45. The van der Waals surface area contributed by atoms with Crippen molar-refractivity contribution in [1.82, 2.24) is 0 Å². The van der Waals surface area contributed by atoms with Crippen LogP contribution in [-0.2, 0) is 0 Å². The summed E-state index contributed by atoms with van der Waals surface area (Å²) in [6.45, 7) is 2.51. The van der Waals surface area contributed by atoms with Crippen LogP contribution < -0.4 is 15.8 Å². The van der Waals surface area contributed by atoms with Crippen molar-refractivity contribution in [3.63, 3.8) is 0 Å². The molecule has 126 valence electrons. The van der Waals surface area contributed by atoms with Gasteiger partial charge in [0.1, 0.15) is 10.8 Å². The Balaban J connectivity index is 2.16. The van der Waals surface area contributed by atoms with E-state index in [9.17, 15) is 14.9 Å². The molecule has 0 saturated heterocycles. The molecule has 0 spiro atoms. The number of anilines is 2. The molecular weight excluding hydrogens is 334 g/mol. The highest BCUT2D eigenvalue weighted by Gasteiger charge is 2.15. The molecular formula is C16H16ClN3O4. The SMILES string of the molecule is CCCOc1ccc(C(=O)Nc2ccc(Cl)c([N+](=O)[O-])c2)cc1N. The highest BCUT2D eigenvalue weighted by Crippen LogP contribution is 2.28. The van der Waals surface area contributed by atoms with Crippen molar-refractivity contribution < 1.29 is 14.5 Å². The van der Waals surface area contributed by atoms with Gasteiger partial charge in [0.15, 0.2) is 0 Å². The van der Waals surface area contributed by atoms with Crippen LogP contribution in [0.4, 0.5) is 17.1 Å². The highest BCUT2D eigenvalue weighted by molar-refractivity contribution is 6.32. The maximum absolute atomic E-state index is 12.2. The Morgan fingerprint density at radius 2 is 2.08 bits per heavy atom. The van der Waals surface area contributed by atoms with Crippen molar-refractivity contribution in [2.75, 3.05) is 17.7 Å². The predicted molar refractivity (Wildman–Crippen MR) is 92.7 cm³/mol. The van der Waals surface area contributed by atoms with Crippen LogP contribution in [0.15, 0.2) is 36.4 Å². The van der Waals surface area contributed by atoms with Gasteiger partial charge in [-0.15, -0.1) is 0 Å². The molecule has 8 heteroatoms. The van der Waals surface area contributed by atoms with Gasteiger partial charge in [0.2, 0.25) is 0 Å². The van der Waals surface area contributed by atoms with E-state index in [1.54, 1.807) is 12.1 Å². The van der Waals surface area contributed by atoms with Gasteiger partial charge in [-0.25, -0.2) is 0 Å². The number of nitrogens with one attached hydrogen (secondary N) is 1. The van der Waals surface area contributed by atoms with E-state index in [-0.39, 0.29) is 16.4 Å². The first kappa shape index (κ1) is 17.6. The third-order valence-corrected chi connectivity index (χ3v) is 3.45. The molecule has 0 fully saturated rings. The fourth-order valence-corrected chi connectivity index (χ4v) is 2.15. The first-order valence-electron chi connectivity index (χ1n) is 7.20. The average Bonchev–Trinajstić information content (AvgIpc) is 2.55. The zero-order chi connectivity index (χ0) is 17.7. The number of nitrogen functional groups attached to an aromatic ring is 1. The monoisotopic (exact) mass is 349 g/mol. The van der Waals surface area contributed by atoms with Crippen LogP contribution in [0.3, 0.4) is 0 Å². The Morgan fingerprint density at radius 1 is 1.33 bits per heavy atom. The lowest BCUT2D eigenvalue weighted by atomic mass is 10.1. The molecule has 2 aromatic carbocycles. The molecule has 0 unspecified atom stereocenters. The molecule has 0 saturated carbocycles. The van der Waals surface area contributed by atoms with Gasteiger partial charge in [0, 0.05) is 17.3 Å². The lowest BCUT2D eigenvalue weighted by Gasteiger charge is -2.10. The molecule has 0 aliphatic rings. The molecule has 0 radical (unpaired) electrons. The minimum atomic E-state index is -0.615. The van der Waals surface area contributed by atoms with E-state index in [1.807, 2.05) is 6.92 Å². The van der Waals surface area contributed by atoms with Crippen molar-refractivity contribution in [1.29, 1.82) is 0 Å².